The van der Waals surface area contributed by atoms with Gasteiger partial charge in [0.2, 0.25) is 0 Å². The lowest BCUT2D eigenvalue weighted by Crippen LogP contribution is -2.15. The minimum Gasteiger partial charge on any atom is -0.478 e. The molecule has 0 unspecified atom stereocenters. The van der Waals surface area contributed by atoms with Crippen LogP contribution in [-0.2, 0) is 0 Å². The number of anilines is 1. The summed E-state index contributed by atoms with van der Waals surface area (Å²) in [6.45, 7) is 3.87. The van der Waals surface area contributed by atoms with Gasteiger partial charge in [0, 0.05) is 10.6 Å². The lowest BCUT2D eigenvalue weighted by Gasteiger charge is -2.10. The van der Waals surface area contributed by atoms with Crippen LogP contribution < -0.4 is 5.32 Å². The maximum atomic E-state index is 12.2. The summed E-state index contributed by atoms with van der Waals surface area (Å²) in [5, 5.41) is 12.1. The Morgan fingerprint density at radius 1 is 1.05 bits per heavy atom. The van der Waals surface area contributed by atoms with Gasteiger partial charge in [-0.1, -0.05) is 17.7 Å². The molecule has 1 amide bonds. The van der Waals surface area contributed by atoms with E-state index in [9.17, 15) is 9.59 Å². The Balaban J connectivity index is 2.31. The predicted molar refractivity (Wildman–Crippen MR) is 82.3 cm³/mol. The highest BCUT2D eigenvalue weighted by Gasteiger charge is 2.14. The number of carboxylic acid groups (broad SMARTS) is 1. The minimum absolute atomic E-state index is 0.0420. The van der Waals surface area contributed by atoms with E-state index in [4.69, 9.17) is 16.7 Å². The third kappa shape index (κ3) is 3.41. The number of halogens is 1. The Bertz CT molecular complexity index is 725. The molecule has 0 spiro atoms. The highest BCUT2D eigenvalue weighted by molar-refractivity contribution is 6.31. The molecule has 5 heteroatoms. The molecule has 0 radical (unpaired) electrons. The smallest absolute Gasteiger partial charge is 0.337 e. The van der Waals surface area contributed by atoms with Crippen LogP contribution in [-0.4, -0.2) is 17.0 Å². The molecular weight excluding hydrogens is 290 g/mol. The van der Waals surface area contributed by atoms with Crippen molar-refractivity contribution in [1.29, 1.82) is 0 Å². The molecule has 0 saturated heterocycles. The quantitative estimate of drug-likeness (QED) is 0.903. The van der Waals surface area contributed by atoms with Gasteiger partial charge in [-0.25, -0.2) is 4.79 Å². The van der Waals surface area contributed by atoms with Crippen LogP contribution in [0.3, 0.4) is 0 Å². The summed E-state index contributed by atoms with van der Waals surface area (Å²) in [7, 11) is 0. The van der Waals surface area contributed by atoms with E-state index in [1.807, 2.05) is 19.9 Å². The maximum absolute atomic E-state index is 12.2. The van der Waals surface area contributed by atoms with Crippen LogP contribution in [0.15, 0.2) is 36.4 Å². The third-order valence-corrected chi connectivity index (χ3v) is 3.46. The average molecular weight is 304 g/mol. The number of aryl methyl sites for hydroxylation is 2. The fraction of sp³-hybridized carbons (Fsp3) is 0.125. The highest BCUT2D eigenvalue weighted by Crippen LogP contribution is 2.21. The molecule has 0 aliphatic rings. The lowest BCUT2D eigenvalue weighted by molar-refractivity contribution is 0.0698. The van der Waals surface area contributed by atoms with E-state index in [1.165, 1.54) is 18.2 Å². The van der Waals surface area contributed by atoms with Crippen molar-refractivity contribution in [1.82, 2.24) is 0 Å². The zero-order chi connectivity index (χ0) is 15.6. The van der Waals surface area contributed by atoms with Gasteiger partial charge >= 0.3 is 5.97 Å². The lowest BCUT2D eigenvalue weighted by atomic mass is 10.1. The Kier molecular flexibility index (Phi) is 4.29. The summed E-state index contributed by atoms with van der Waals surface area (Å²) in [5.41, 5.74) is 2.74. The van der Waals surface area contributed by atoms with Crippen LogP contribution in [0.2, 0.25) is 5.02 Å². The zero-order valence-corrected chi connectivity index (χ0v) is 12.4. The summed E-state index contributed by atoms with van der Waals surface area (Å²) in [5.74, 6) is -1.50. The van der Waals surface area contributed by atoms with Gasteiger partial charge in [-0.3, -0.25) is 4.79 Å². The monoisotopic (exact) mass is 303 g/mol. The molecule has 0 fully saturated rings. The van der Waals surface area contributed by atoms with E-state index < -0.39 is 5.97 Å². The molecule has 2 rings (SSSR count). The molecule has 2 N–H and O–H groups in total. The number of hydrogen-bond donors (Lipinski definition) is 2. The van der Waals surface area contributed by atoms with Crippen molar-refractivity contribution in [2.45, 2.75) is 13.8 Å². The number of benzene rings is 2. The Labute approximate surface area is 127 Å². The molecule has 2 aromatic carbocycles. The van der Waals surface area contributed by atoms with Gasteiger partial charge in [-0.2, -0.15) is 0 Å². The van der Waals surface area contributed by atoms with Crippen molar-refractivity contribution < 1.29 is 14.7 Å². The van der Waals surface area contributed by atoms with Crippen molar-refractivity contribution >= 4 is 29.2 Å². The first-order valence-electron chi connectivity index (χ1n) is 6.30. The number of carboxylic acids is 1. The first kappa shape index (κ1) is 15.1. The number of nitrogens with one attached hydrogen (secondary N) is 1. The number of rotatable bonds is 3. The fourth-order valence-corrected chi connectivity index (χ4v) is 2.05. The van der Waals surface area contributed by atoms with E-state index in [0.29, 0.717) is 10.6 Å². The van der Waals surface area contributed by atoms with Gasteiger partial charge in [-0.05, 0) is 55.3 Å². The van der Waals surface area contributed by atoms with Gasteiger partial charge in [0.15, 0.2) is 0 Å². The van der Waals surface area contributed by atoms with Crippen LogP contribution >= 0.6 is 11.6 Å². The van der Waals surface area contributed by atoms with Gasteiger partial charge in [0.1, 0.15) is 0 Å². The third-order valence-electron chi connectivity index (χ3n) is 3.23. The van der Waals surface area contributed by atoms with E-state index >= 15 is 0 Å². The largest absolute Gasteiger partial charge is 0.478 e. The average Bonchev–Trinajstić information content (AvgIpc) is 2.43. The van der Waals surface area contributed by atoms with Crippen LogP contribution in [0.1, 0.15) is 31.8 Å². The minimum atomic E-state index is -1.15. The van der Waals surface area contributed by atoms with E-state index in [2.05, 4.69) is 5.32 Å². The SMILES string of the molecule is Cc1ccc(C(=O)Nc2ccc(Cl)cc2C(=O)O)cc1C. The summed E-state index contributed by atoms with van der Waals surface area (Å²) in [6.07, 6.45) is 0. The van der Waals surface area contributed by atoms with Crippen LogP contribution in [0.25, 0.3) is 0 Å². The summed E-state index contributed by atoms with van der Waals surface area (Å²) in [6, 6.07) is 9.63. The molecule has 0 bridgehead atoms. The number of aromatic carboxylic acids is 1. The maximum Gasteiger partial charge on any atom is 0.337 e. The number of amides is 1. The fourth-order valence-electron chi connectivity index (χ4n) is 1.88. The predicted octanol–water partition coefficient (Wildman–Crippen LogP) is 3.91. The van der Waals surface area contributed by atoms with E-state index in [0.717, 1.165) is 11.1 Å². The molecular formula is C16H14ClNO3. The summed E-state index contributed by atoms with van der Waals surface area (Å²) >= 11 is 5.78. The normalized spacial score (nSPS) is 10.2. The summed E-state index contributed by atoms with van der Waals surface area (Å²) < 4.78 is 0. The second-order valence-corrected chi connectivity index (χ2v) is 5.18. The van der Waals surface area contributed by atoms with Crippen molar-refractivity contribution in [3.8, 4) is 0 Å². The van der Waals surface area contributed by atoms with Crippen molar-refractivity contribution in [2.75, 3.05) is 5.32 Å². The number of carbonyl (C=O) groups is 2. The second-order valence-electron chi connectivity index (χ2n) is 4.75. The van der Waals surface area contributed by atoms with Gasteiger partial charge < -0.3 is 10.4 Å². The molecule has 2 aromatic rings. The molecule has 108 valence electrons. The Morgan fingerprint density at radius 2 is 1.76 bits per heavy atom. The zero-order valence-electron chi connectivity index (χ0n) is 11.6. The summed E-state index contributed by atoms with van der Waals surface area (Å²) in [4.78, 5) is 23.4. The topological polar surface area (TPSA) is 66.4 Å². The molecule has 4 nitrogen and oxygen atoms in total. The standard InChI is InChI=1S/C16H14ClNO3/c1-9-3-4-11(7-10(9)2)15(19)18-14-6-5-12(17)8-13(14)16(20)21/h3-8H,1-2H3,(H,18,19)(H,20,21). The molecule has 21 heavy (non-hydrogen) atoms. The van der Waals surface area contributed by atoms with Gasteiger partial charge in [-0.15, -0.1) is 0 Å². The molecule has 0 aromatic heterocycles. The van der Waals surface area contributed by atoms with Gasteiger partial charge in [0.05, 0.1) is 11.3 Å². The second kappa shape index (κ2) is 5.97. The van der Waals surface area contributed by atoms with E-state index in [1.54, 1.807) is 12.1 Å². The van der Waals surface area contributed by atoms with Crippen LogP contribution in [0.5, 0.6) is 0 Å². The van der Waals surface area contributed by atoms with Crippen molar-refractivity contribution in [2.24, 2.45) is 0 Å². The molecule has 0 saturated carbocycles. The van der Waals surface area contributed by atoms with E-state index in [-0.39, 0.29) is 17.2 Å². The Morgan fingerprint density at radius 3 is 2.38 bits per heavy atom. The van der Waals surface area contributed by atoms with Gasteiger partial charge in [0.25, 0.3) is 5.91 Å². The molecule has 0 aliphatic carbocycles. The molecule has 0 atom stereocenters. The van der Waals surface area contributed by atoms with Crippen molar-refractivity contribution in [3.63, 3.8) is 0 Å². The first-order valence-corrected chi connectivity index (χ1v) is 6.67. The Hall–Kier alpha value is -2.33. The molecule has 0 aliphatic heterocycles. The van der Waals surface area contributed by atoms with Crippen LogP contribution in [0, 0.1) is 13.8 Å². The van der Waals surface area contributed by atoms with Crippen molar-refractivity contribution in [3.05, 3.63) is 63.7 Å². The number of carbonyl (C=O) groups excluding carboxylic acids is 1. The number of hydrogen-bond acceptors (Lipinski definition) is 2. The first-order chi connectivity index (χ1) is 9.88. The highest BCUT2D eigenvalue weighted by atomic mass is 35.5. The molecule has 0 heterocycles. The van der Waals surface area contributed by atoms with Crippen LogP contribution in [0.4, 0.5) is 5.69 Å².